The highest BCUT2D eigenvalue weighted by Gasteiger charge is 2.21. The lowest BCUT2D eigenvalue weighted by atomic mass is 10.1. The highest BCUT2D eigenvalue weighted by atomic mass is 32.2. The maximum absolute atomic E-state index is 13.2. The van der Waals surface area contributed by atoms with E-state index in [9.17, 15) is 4.21 Å². The van der Waals surface area contributed by atoms with Gasteiger partial charge in [-0.05, 0) is 25.5 Å². The van der Waals surface area contributed by atoms with Crippen LogP contribution in [-0.4, -0.2) is 54.6 Å². The molecule has 0 amide bonds. The Balaban J connectivity index is 1.63. The Kier molecular flexibility index (Phi) is 4.61. The van der Waals surface area contributed by atoms with Crippen LogP contribution in [0.4, 0.5) is 0 Å². The van der Waals surface area contributed by atoms with E-state index in [1.54, 1.807) is 4.52 Å². The van der Waals surface area contributed by atoms with Crippen molar-refractivity contribution in [3.05, 3.63) is 53.7 Å². The molecule has 3 heterocycles. The van der Waals surface area contributed by atoms with Crippen LogP contribution in [0.1, 0.15) is 11.3 Å². The molecule has 1 aliphatic heterocycles. The number of aromatic nitrogens is 4. The normalized spacial score (nSPS) is 16.5. The van der Waals surface area contributed by atoms with E-state index in [0.29, 0.717) is 32.1 Å². The molecule has 4 aromatic rings. The number of hydrogen-bond acceptors (Lipinski definition) is 5. The van der Waals surface area contributed by atoms with Crippen LogP contribution in [0.5, 0.6) is 0 Å². The third-order valence-corrected chi connectivity index (χ3v) is 6.94. The van der Waals surface area contributed by atoms with Crippen molar-refractivity contribution >= 4 is 27.4 Å². The van der Waals surface area contributed by atoms with Crippen LogP contribution in [0, 0.1) is 13.8 Å². The molecule has 5 rings (SSSR count). The van der Waals surface area contributed by atoms with Gasteiger partial charge in [0.25, 0.3) is 0 Å². The summed E-state index contributed by atoms with van der Waals surface area (Å²) in [4.78, 5) is 0.790. The minimum Gasteiger partial charge on any atom is -0.379 e. The highest BCUT2D eigenvalue weighted by molar-refractivity contribution is 7.82. The van der Waals surface area contributed by atoms with E-state index in [-0.39, 0.29) is 0 Å². The van der Waals surface area contributed by atoms with E-state index in [1.165, 1.54) is 0 Å². The Morgan fingerprint density at radius 3 is 2.55 bits per heavy atom. The topological polar surface area (TPSA) is 72.6 Å². The summed E-state index contributed by atoms with van der Waals surface area (Å²) in [6.45, 7) is 6.51. The quantitative estimate of drug-likeness (QED) is 0.522. The standard InChI is InChI=1S/C21H21N5O2S/c1-14-7-8-16(13-19(14)29(27)25-9-11-28-12-10-25)20-22-23-21-18-6-4-3-5-17(18)15(2)24-26(20)21/h3-8,13H,9-12H2,1-2H3. The number of hydrogen-bond donors (Lipinski definition) is 0. The predicted octanol–water partition coefficient (Wildman–Crippen LogP) is 2.92. The molecule has 0 aliphatic carbocycles. The Morgan fingerprint density at radius 2 is 1.76 bits per heavy atom. The van der Waals surface area contributed by atoms with Crippen molar-refractivity contribution in [3.63, 3.8) is 0 Å². The second-order valence-corrected chi connectivity index (χ2v) is 8.62. The van der Waals surface area contributed by atoms with Crippen LogP contribution >= 0.6 is 0 Å². The lowest BCUT2D eigenvalue weighted by Crippen LogP contribution is -2.37. The molecular weight excluding hydrogens is 386 g/mol. The summed E-state index contributed by atoms with van der Waals surface area (Å²) in [5.74, 6) is 0.647. The summed E-state index contributed by atoms with van der Waals surface area (Å²) < 4.78 is 22.3. The number of aryl methyl sites for hydroxylation is 2. The number of benzene rings is 2. The van der Waals surface area contributed by atoms with Crippen LogP contribution in [0.15, 0.2) is 47.4 Å². The monoisotopic (exact) mass is 407 g/mol. The minimum absolute atomic E-state index is 0.607. The van der Waals surface area contributed by atoms with Crippen molar-refractivity contribution in [1.82, 2.24) is 24.1 Å². The van der Waals surface area contributed by atoms with Crippen molar-refractivity contribution in [1.29, 1.82) is 0 Å². The van der Waals surface area contributed by atoms with Gasteiger partial charge in [0.15, 0.2) is 11.5 Å². The van der Waals surface area contributed by atoms with Crippen LogP contribution in [0.2, 0.25) is 0 Å². The van der Waals surface area contributed by atoms with Crippen molar-refractivity contribution in [2.45, 2.75) is 18.7 Å². The first-order valence-electron chi connectivity index (χ1n) is 9.60. The fraction of sp³-hybridized carbons (Fsp3) is 0.286. The summed E-state index contributed by atoms with van der Waals surface area (Å²) in [5, 5.41) is 15.6. The van der Waals surface area contributed by atoms with Crippen molar-refractivity contribution in [3.8, 4) is 11.4 Å². The zero-order chi connectivity index (χ0) is 20.0. The molecule has 8 heteroatoms. The van der Waals surface area contributed by atoms with E-state index in [4.69, 9.17) is 9.84 Å². The third-order valence-electron chi connectivity index (χ3n) is 5.29. The maximum atomic E-state index is 13.2. The molecule has 0 radical (unpaired) electrons. The SMILES string of the molecule is Cc1ccc(-c2nnc3c4ccccc4c(C)nn23)cc1S(=O)N1CCOCC1. The van der Waals surface area contributed by atoms with Crippen molar-refractivity contribution in [2.75, 3.05) is 26.3 Å². The summed E-state index contributed by atoms with van der Waals surface area (Å²) in [6.07, 6.45) is 0. The fourth-order valence-corrected chi connectivity index (χ4v) is 5.03. The predicted molar refractivity (Wildman–Crippen MR) is 112 cm³/mol. The van der Waals surface area contributed by atoms with Crippen LogP contribution < -0.4 is 0 Å². The van der Waals surface area contributed by atoms with Crippen molar-refractivity contribution < 1.29 is 8.95 Å². The Labute approximate surface area is 170 Å². The van der Waals surface area contributed by atoms with Crippen molar-refractivity contribution in [2.24, 2.45) is 0 Å². The summed E-state index contributed by atoms with van der Waals surface area (Å²) in [7, 11) is -1.24. The van der Waals surface area contributed by atoms with Gasteiger partial charge in [-0.1, -0.05) is 36.4 Å². The van der Waals surface area contributed by atoms with E-state index < -0.39 is 11.0 Å². The number of fused-ring (bicyclic) bond motifs is 3. The lowest BCUT2D eigenvalue weighted by Gasteiger charge is -2.26. The van der Waals surface area contributed by atoms with Gasteiger partial charge in [-0.15, -0.1) is 10.2 Å². The number of ether oxygens (including phenoxy) is 1. The molecule has 29 heavy (non-hydrogen) atoms. The zero-order valence-electron chi connectivity index (χ0n) is 16.3. The van der Waals surface area contributed by atoms with Crippen LogP contribution in [0.25, 0.3) is 27.8 Å². The van der Waals surface area contributed by atoms with Gasteiger partial charge in [0.05, 0.1) is 23.8 Å². The molecule has 0 N–H and O–H groups in total. The molecular formula is C21H21N5O2S. The molecule has 2 aromatic heterocycles. The van der Waals surface area contributed by atoms with Gasteiger partial charge in [0, 0.05) is 29.4 Å². The molecule has 148 valence electrons. The van der Waals surface area contributed by atoms with E-state index >= 15 is 0 Å². The van der Waals surface area contributed by atoms with Crippen LogP contribution in [-0.2, 0) is 15.7 Å². The summed E-state index contributed by atoms with van der Waals surface area (Å²) in [6, 6.07) is 14.0. The van der Waals surface area contributed by atoms with Gasteiger partial charge < -0.3 is 4.74 Å². The molecule has 0 saturated carbocycles. The molecule has 1 saturated heterocycles. The average Bonchev–Trinajstić information content (AvgIpc) is 3.18. The Bertz CT molecular complexity index is 1250. The van der Waals surface area contributed by atoms with Gasteiger partial charge in [-0.2, -0.15) is 9.61 Å². The highest BCUT2D eigenvalue weighted by Crippen LogP contribution is 2.27. The first kappa shape index (κ1) is 18.4. The molecule has 1 atom stereocenters. The summed E-state index contributed by atoms with van der Waals surface area (Å²) >= 11 is 0. The van der Waals surface area contributed by atoms with E-state index in [0.717, 1.165) is 38.1 Å². The summed E-state index contributed by atoms with van der Waals surface area (Å²) in [5.41, 5.74) is 3.47. The Morgan fingerprint density at radius 1 is 1.00 bits per heavy atom. The number of morpholine rings is 1. The first-order chi connectivity index (χ1) is 14.1. The molecule has 2 aromatic carbocycles. The first-order valence-corrected chi connectivity index (χ1v) is 10.7. The second-order valence-electron chi connectivity index (χ2n) is 7.16. The van der Waals surface area contributed by atoms with Gasteiger partial charge in [0.1, 0.15) is 11.0 Å². The smallest absolute Gasteiger partial charge is 0.186 e. The average molecular weight is 407 g/mol. The van der Waals surface area contributed by atoms with Gasteiger partial charge in [-0.3, -0.25) is 0 Å². The fourth-order valence-electron chi connectivity index (χ4n) is 3.70. The number of rotatable bonds is 3. The second kappa shape index (κ2) is 7.29. The number of nitrogens with zero attached hydrogens (tertiary/aromatic N) is 5. The minimum atomic E-state index is -1.24. The molecule has 7 nitrogen and oxygen atoms in total. The third kappa shape index (κ3) is 3.13. The lowest BCUT2D eigenvalue weighted by molar-refractivity contribution is 0.0752. The maximum Gasteiger partial charge on any atom is 0.186 e. The van der Waals surface area contributed by atoms with Gasteiger partial charge >= 0.3 is 0 Å². The molecule has 1 unspecified atom stereocenters. The van der Waals surface area contributed by atoms with Gasteiger partial charge in [-0.25, -0.2) is 8.51 Å². The molecule has 1 fully saturated rings. The van der Waals surface area contributed by atoms with E-state index in [1.807, 2.05) is 60.6 Å². The zero-order valence-corrected chi connectivity index (χ0v) is 17.1. The largest absolute Gasteiger partial charge is 0.379 e. The molecule has 0 bridgehead atoms. The molecule has 1 aliphatic rings. The molecule has 0 spiro atoms. The van der Waals surface area contributed by atoms with Gasteiger partial charge in [0.2, 0.25) is 0 Å². The van der Waals surface area contributed by atoms with Crippen LogP contribution in [0.3, 0.4) is 0 Å². The van der Waals surface area contributed by atoms with E-state index in [2.05, 4.69) is 10.2 Å². The Hall–Kier alpha value is -2.68.